The average Bonchev–Trinajstić information content (AvgIpc) is 3.18. The third kappa shape index (κ3) is 4.96. The van der Waals surface area contributed by atoms with E-state index >= 15 is 0 Å². The summed E-state index contributed by atoms with van der Waals surface area (Å²) in [4.78, 5) is 23.2. The molecule has 2 aromatic carbocycles. The van der Waals surface area contributed by atoms with Crippen molar-refractivity contribution in [2.24, 2.45) is 0 Å². The number of nitrogens with two attached hydrogens (primary N) is 1. The normalized spacial score (nSPS) is 11.2. The molecule has 8 nitrogen and oxygen atoms in total. The van der Waals surface area contributed by atoms with Gasteiger partial charge in [-0.05, 0) is 56.9 Å². The van der Waals surface area contributed by atoms with E-state index in [1.807, 2.05) is 74.9 Å². The highest BCUT2D eigenvalue weighted by molar-refractivity contribution is 6.01. The van der Waals surface area contributed by atoms with E-state index < -0.39 is 0 Å². The second kappa shape index (κ2) is 9.70. The molecule has 170 valence electrons. The highest BCUT2D eigenvalue weighted by Crippen LogP contribution is 2.34. The van der Waals surface area contributed by atoms with Gasteiger partial charge >= 0.3 is 0 Å². The molecule has 4 rings (SSSR count). The molecule has 2 heterocycles. The molecule has 0 aliphatic carbocycles. The van der Waals surface area contributed by atoms with Gasteiger partial charge in [0, 0.05) is 25.2 Å². The monoisotopic (exact) mass is 444 g/mol. The van der Waals surface area contributed by atoms with Crippen molar-refractivity contribution in [3.8, 4) is 22.6 Å². The van der Waals surface area contributed by atoms with Crippen LogP contribution in [0.3, 0.4) is 0 Å². The van der Waals surface area contributed by atoms with E-state index in [0.717, 1.165) is 35.6 Å². The van der Waals surface area contributed by atoms with Crippen LogP contribution >= 0.6 is 0 Å². The van der Waals surface area contributed by atoms with Gasteiger partial charge in [0.1, 0.15) is 23.6 Å². The van der Waals surface area contributed by atoms with Crippen LogP contribution < -0.4 is 15.5 Å². The summed E-state index contributed by atoms with van der Waals surface area (Å²) in [6.45, 7) is 2.99. The van der Waals surface area contributed by atoms with Crippen molar-refractivity contribution in [2.75, 3.05) is 37.9 Å². The number of amides is 1. The summed E-state index contributed by atoms with van der Waals surface area (Å²) in [5.41, 5.74) is 8.64. The lowest BCUT2D eigenvalue weighted by atomic mass is 10.1. The van der Waals surface area contributed by atoms with E-state index in [0.29, 0.717) is 23.4 Å². The van der Waals surface area contributed by atoms with Crippen molar-refractivity contribution in [1.82, 2.24) is 19.5 Å². The molecule has 0 unspecified atom stereocenters. The summed E-state index contributed by atoms with van der Waals surface area (Å²) in [6, 6.07) is 17.4. The third-order valence-corrected chi connectivity index (χ3v) is 5.34. The van der Waals surface area contributed by atoms with Crippen LogP contribution in [0.4, 0.5) is 5.82 Å². The molecule has 2 N–H and O–H groups in total. The van der Waals surface area contributed by atoms with Crippen molar-refractivity contribution >= 4 is 22.8 Å². The summed E-state index contributed by atoms with van der Waals surface area (Å²) >= 11 is 0. The molecule has 2 aromatic heterocycles. The Balaban J connectivity index is 1.70. The molecule has 1 amide bonds. The van der Waals surface area contributed by atoms with E-state index in [-0.39, 0.29) is 5.91 Å². The van der Waals surface area contributed by atoms with Gasteiger partial charge in [-0.25, -0.2) is 19.7 Å². The van der Waals surface area contributed by atoms with E-state index in [9.17, 15) is 4.79 Å². The summed E-state index contributed by atoms with van der Waals surface area (Å²) in [6.07, 6.45) is 4.15. The van der Waals surface area contributed by atoms with Gasteiger partial charge in [-0.1, -0.05) is 30.3 Å². The molecule has 33 heavy (non-hydrogen) atoms. The van der Waals surface area contributed by atoms with Crippen LogP contribution in [0, 0.1) is 0 Å². The Kier molecular flexibility index (Phi) is 6.55. The van der Waals surface area contributed by atoms with Crippen LogP contribution in [0.25, 0.3) is 22.2 Å². The number of benzene rings is 2. The number of carbonyl (C=O) groups excluding carboxylic acids is 1. The topological polar surface area (TPSA) is 89.5 Å². The summed E-state index contributed by atoms with van der Waals surface area (Å²) in [7, 11) is 4.03. The fraction of sp³-hybridized carbons (Fsp3) is 0.240. The molecule has 0 aliphatic heterocycles. The Morgan fingerprint density at radius 1 is 1.00 bits per heavy atom. The molecule has 0 aliphatic rings. The first-order valence-electron chi connectivity index (χ1n) is 10.8. The maximum Gasteiger partial charge on any atom is 0.238 e. The van der Waals surface area contributed by atoms with Crippen LogP contribution in [0.2, 0.25) is 0 Å². The molecular weight excluding hydrogens is 416 g/mol. The fourth-order valence-corrected chi connectivity index (χ4v) is 3.75. The van der Waals surface area contributed by atoms with Crippen molar-refractivity contribution < 1.29 is 9.53 Å². The molecule has 0 saturated carbocycles. The first-order chi connectivity index (χ1) is 15.9. The third-order valence-electron chi connectivity index (χ3n) is 5.34. The van der Waals surface area contributed by atoms with Gasteiger partial charge in [0.2, 0.25) is 5.91 Å². The average molecular weight is 445 g/mol. The van der Waals surface area contributed by atoms with Gasteiger partial charge in [-0.2, -0.15) is 0 Å². The minimum atomic E-state index is -0.0685. The van der Waals surface area contributed by atoms with E-state index in [1.54, 1.807) is 16.6 Å². The largest absolute Gasteiger partial charge is 0.457 e. The number of para-hydroxylation sites is 1. The minimum absolute atomic E-state index is 0.0685. The van der Waals surface area contributed by atoms with Gasteiger partial charge in [0.15, 0.2) is 5.65 Å². The number of hydrogen-bond acceptors (Lipinski definition) is 6. The van der Waals surface area contributed by atoms with E-state index in [1.165, 1.54) is 6.33 Å². The van der Waals surface area contributed by atoms with Crippen LogP contribution in [0.1, 0.15) is 13.3 Å². The highest BCUT2D eigenvalue weighted by atomic mass is 16.5. The standard InChI is InChI=1S/C25H28N6O2/c1-18(32)30(15-7-14-29(2)3)31-16-22(23-24(26)27-17-28-25(23)31)19-10-12-21(13-11-19)33-20-8-5-4-6-9-20/h4-6,8-13,16-17H,7,14-15H2,1-3H3,(H2,26,27,28). The van der Waals surface area contributed by atoms with Crippen molar-refractivity contribution in [3.63, 3.8) is 0 Å². The first kappa shape index (κ1) is 22.3. The van der Waals surface area contributed by atoms with Crippen LogP contribution in [0.5, 0.6) is 11.5 Å². The molecular formula is C25H28N6O2. The molecule has 0 atom stereocenters. The Morgan fingerprint density at radius 3 is 2.36 bits per heavy atom. The number of carbonyl (C=O) groups is 1. The zero-order valence-corrected chi connectivity index (χ0v) is 19.1. The lowest BCUT2D eigenvalue weighted by Crippen LogP contribution is -2.40. The summed E-state index contributed by atoms with van der Waals surface area (Å²) in [5, 5.41) is 2.40. The second-order valence-electron chi connectivity index (χ2n) is 8.08. The number of ether oxygens (including phenoxy) is 1. The number of fused-ring (bicyclic) bond motifs is 1. The van der Waals surface area contributed by atoms with Gasteiger partial charge in [0.05, 0.1) is 5.39 Å². The van der Waals surface area contributed by atoms with E-state index in [2.05, 4.69) is 14.9 Å². The molecule has 0 fully saturated rings. The number of rotatable bonds is 8. The summed E-state index contributed by atoms with van der Waals surface area (Å²) < 4.78 is 7.69. The number of nitrogen functional groups attached to an aromatic ring is 1. The Bertz CT molecular complexity index is 1240. The molecule has 4 aromatic rings. The molecule has 0 spiro atoms. The number of nitrogens with zero attached hydrogens (tertiary/aromatic N) is 5. The SMILES string of the molecule is CC(=O)N(CCCN(C)C)n1cc(-c2ccc(Oc3ccccc3)cc2)c2c(N)ncnc21. The number of aromatic nitrogens is 3. The van der Waals surface area contributed by atoms with Crippen molar-refractivity contribution in [2.45, 2.75) is 13.3 Å². The van der Waals surface area contributed by atoms with Crippen LogP contribution in [-0.4, -0.2) is 52.6 Å². The van der Waals surface area contributed by atoms with E-state index in [4.69, 9.17) is 10.5 Å². The maximum atomic E-state index is 12.5. The van der Waals surface area contributed by atoms with Gasteiger partial charge in [-0.3, -0.25) is 4.79 Å². The predicted octanol–water partition coefficient (Wildman–Crippen LogP) is 3.91. The molecule has 0 saturated heterocycles. The lowest BCUT2D eigenvalue weighted by Gasteiger charge is -2.23. The lowest BCUT2D eigenvalue weighted by molar-refractivity contribution is -0.118. The van der Waals surface area contributed by atoms with Gasteiger partial charge in [0.25, 0.3) is 0 Å². The fourth-order valence-electron chi connectivity index (χ4n) is 3.75. The molecule has 8 heteroatoms. The number of anilines is 1. The first-order valence-corrected chi connectivity index (χ1v) is 10.8. The Labute approximate surface area is 193 Å². The second-order valence-corrected chi connectivity index (χ2v) is 8.08. The highest BCUT2D eigenvalue weighted by Gasteiger charge is 2.20. The van der Waals surface area contributed by atoms with Gasteiger partial charge < -0.3 is 15.4 Å². The quantitative estimate of drug-likeness (QED) is 0.443. The number of hydrogen-bond donors (Lipinski definition) is 1. The van der Waals surface area contributed by atoms with Crippen LogP contribution in [-0.2, 0) is 4.79 Å². The zero-order valence-electron chi connectivity index (χ0n) is 19.1. The van der Waals surface area contributed by atoms with Crippen molar-refractivity contribution in [3.05, 3.63) is 67.1 Å². The maximum absolute atomic E-state index is 12.5. The Hall–Kier alpha value is -3.91. The Morgan fingerprint density at radius 2 is 1.70 bits per heavy atom. The smallest absolute Gasteiger partial charge is 0.238 e. The summed E-state index contributed by atoms with van der Waals surface area (Å²) in [5.74, 6) is 1.80. The van der Waals surface area contributed by atoms with Gasteiger partial charge in [-0.15, -0.1) is 0 Å². The zero-order chi connectivity index (χ0) is 23.4. The molecule has 0 bridgehead atoms. The van der Waals surface area contributed by atoms with Crippen molar-refractivity contribution in [1.29, 1.82) is 0 Å². The minimum Gasteiger partial charge on any atom is -0.457 e. The van der Waals surface area contributed by atoms with Crippen LogP contribution in [0.15, 0.2) is 67.1 Å². The molecule has 0 radical (unpaired) electrons. The predicted molar refractivity (Wildman–Crippen MR) is 131 cm³/mol.